The number of halogens is 1. The van der Waals surface area contributed by atoms with Crippen LogP contribution in [0.3, 0.4) is 0 Å². The molecule has 0 spiro atoms. The van der Waals surface area contributed by atoms with Gasteiger partial charge in [0.2, 0.25) is 6.08 Å². The van der Waals surface area contributed by atoms with Gasteiger partial charge in [0.25, 0.3) is 0 Å². The number of carbonyl (C=O) groups excluding carboxylic acids is 2. The van der Waals surface area contributed by atoms with E-state index in [4.69, 9.17) is 4.74 Å². The lowest BCUT2D eigenvalue weighted by Gasteiger charge is -2.19. The fourth-order valence-electron chi connectivity index (χ4n) is 1.47. The summed E-state index contributed by atoms with van der Waals surface area (Å²) in [6.07, 6.45) is 1.05. The minimum absolute atomic E-state index is 0.180. The summed E-state index contributed by atoms with van der Waals surface area (Å²) < 4.78 is 18.8. The van der Waals surface area contributed by atoms with Crippen LogP contribution >= 0.6 is 0 Å². The second-order valence-electron chi connectivity index (χ2n) is 5.16. The Morgan fingerprint density at radius 2 is 2.15 bits per heavy atom. The van der Waals surface area contributed by atoms with Crippen LogP contribution in [0.1, 0.15) is 26.3 Å². The second-order valence-corrected chi connectivity index (χ2v) is 5.16. The zero-order valence-corrected chi connectivity index (χ0v) is 11.7. The third-order valence-corrected chi connectivity index (χ3v) is 2.26. The zero-order valence-electron chi connectivity index (χ0n) is 11.7. The van der Waals surface area contributed by atoms with Gasteiger partial charge in [-0.1, -0.05) is 6.07 Å². The molecule has 5 nitrogen and oxygen atoms in total. The molecular formula is C14H17FN2O3. The van der Waals surface area contributed by atoms with Gasteiger partial charge in [-0.25, -0.2) is 19.0 Å². The van der Waals surface area contributed by atoms with E-state index in [1.165, 1.54) is 18.2 Å². The van der Waals surface area contributed by atoms with Gasteiger partial charge in [0, 0.05) is 5.69 Å². The highest BCUT2D eigenvalue weighted by Crippen LogP contribution is 2.16. The highest BCUT2D eigenvalue weighted by Gasteiger charge is 2.16. The van der Waals surface area contributed by atoms with Crippen LogP contribution in [-0.4, -0.2) is 24.3 Å². The van der Waals surface area contributed by atoms with Crippen molar-refractivity contribution in [3.63, 3.8) is 0 Å². The predicted molar refractivity (Wildman–Crippen MR) is 72.9 cm³/mol. The van der Waals surface area contributed by atoms with Crippen molar-refractivity contribution >= 4 is 17.9 Å². The van der Waals surface area contributed by atoms with Crippen LogP contribution in [0.2, 0.25) is 0 Å². The van der Waals surface area contributed by atoms with Crippen molar-refractivity contribution < 1.29 is 18.7 Å². The molecule has 1 amide bonds. The number of nitrogens with zero attached hydrogens (tertiary/aromatic N) is 1. The molecule has 0 saturated carbocycles. The second kappa shape index (κ2) is 6.82. The fourth-order valence-corrected chi connectivity index (χ4v) is 1.47. The van der Waals surface area contributed by atoms with Crippen molar-refractivity contribution in [3.8, 4) is 0 Å². The topological polar surface area (TPSA) is 67.8 Å². The van der Waals surface area contributed by atoms with Crippen LogP contribution in [0, 0.1) is 5.82 Å². The first kappa shape index (κ1) is 15.9. The molecule has 0 saturated heterocycles. The average molecular weight is 280 g/mol. The number of amides is 1. The number of nitrogens with one attached hydrogen (secondary N) is 1. The maximum Gasteiger partial charge on any atom is 0.412 e. The van der Waals surface area contributed by atoms with Crippen LogP contribution in [-0.2, 0) is 16.0 Å². The van der Waals surface area contributed by atoms with Crippen LogP contribution in [0.15, 0.2) is 23.2 Å². The molecule has 0 bridgehead atoms. The van der Waals surface area contributed by atoms with Gasteiger partial charge in [0.1, 0.15) is 11.4 Å². The molecule has 0 aliphatic rings. The first-order valence-corrected chi connectivity index (χ1v) is 6.14. The van der Waals surface area contributed by atoms with Crippen molar-refractivity contribution in [1.29, 1.82) is 0 Å². The van der Waals surface area contributed by atoms with Gasteiger partial charge < -0.3 is 4.74 Å². The number of rotatable bonds is 4. The molecule has 6 heteroatoms. The third kappa shape index (κ3) is 5.63. The van der Waals surface area contributed by atoms with Gasteiger partial charge in [-0.05, 0) is 44.9 Å². The lowest BCUT2D eigenvalue weighted by Crippen LogP contribution is -2.27. The number of isocyanates is 1. The number of anilines is 1. The molecule has 0 aliphatic heterocycles. The first-order valence-electron chi connectivity index (χ1n) is 6.14. The van der Waals surface area contributed by atoms with E-state index in [0.29, 0.717) is 17.7 Å². The van der Waals surface area contributed by atoms with E-state index in [1.807, 2.05) is 0 Å². The monoisotopic (exact) mass is 280 g/mol. The Hall–Kier alpha value is -2.20. The minimum atomic E-state index is -0.643. The molecule has 0 aromatic heterocycles. The molecule has 1 rings (SSSR count). The van der Waals surface area contributed by atoms with Crippen LogP contribution in [0.25, 0.3) is 0 Å². The number of aliphatic imine (C=N–C) groups is 1. The Morgan fingerprint density at radius 3 is 2.70 bits per heavy atom. The zero-order chi connectivity index (χ0) is 15.2. The number of carbonyl (C=O) groups is 1. The maximum atomic E-state index is 13.7. The smallest absolute Gasteiger partial charge is 0.412 e. The molecule has 0 atom stereocenters. The number of ether oxygens (including phenoxy) is 1. The number of hydrogen-bond acceptors (Lipinski definition) is 4. The number of hydrogen-bond donors (Lipinski definition) is 1. The molecule has 0 fully saturated rings. The lowest BCUT2D eigenvalue weighted by atomic mass is 10.1. The summed E-state index contributed by atoms with van der Waals surface area (Å²) in [7, 11) is 0. The minimum Gasteiger partial charge on any atom is -0.444 e. The predicted octanol–water partition coefficient (Wildman–Crippen LogP) is 3.05. The average Bonchev–Trinajstić information content (AvgIpc) is 2.29. The Bertz CT molecular complexity index is 532. The molecule has 1 aromatic rings. The molecule has 20 heavy (non-hydrogen) atoms. The Morgan fingerprint density at radius 1 is 1.45 bits per heavy atom. The van der Waals surface area contributed by atoms with E-state index < -0.39 is 17.5 Å². The van der Waals surface area contributed by atoms with Crippen LogP contribution in [0.4, 0.5) is 14.9 Å². The molecule has 0 unspecified atom stereocenters. The van der Waals surface area contributed by atoms with Crippen molar-refractivity contribution in [3.05, 3.63) is 29.6 Å². The Labute approximate surface area is 116 Å². The van der Waals surface area contributed by atoms with Crippen molar-refractivity contribution in [2.75, 3.05) is 11.9 Å². The molecule has 0 aliphatic carbocycles. The lowest BCUT2D eigenvalue weighted by molar-refractivity contribution is 0.0636. The molecule has 1 aromatic carbocycles. The normalized spacial score (nSPS) is 10.6. The van der Waals surface area contributed by atoms with E-state index in [2.05, 4.69) is 10.3 Å². The van der Waals surface area contributed by atoms with Crippen LogP contribution < -0.4 is 5.32 Å². The quantitative estimate of drug-likeness (QED) is 0.680. The highest BCUT2D eigenvalue weighted by molar-refractivity contribution is 5.84. The summed E-state index contributed by atoms with van der Waals surface area (Å²) in [6.45, 7) is 5.40. The maximum absolute atomic E-state index is 13.7. The van der Waals surface area contributed by atoms with Crippen molar-refractivity contribution in [2.24, 2.45) is 4.99 Å². The molecule has 108 valence electrons. The fraction of sp³-hybridized carbons (Fsp3) is 0.429. The Kier molecular flexibility index (Phi) is 5.41. The summed E-state index contributed by atoms with van der Waals surface area (Å²) >= 11 is 0. The summed E-state index contributed by atoms with van der Waals surface area (Å²) in [5.74, 6) is -0.473. The summed E-state index contributed by atoms with van der Waals surface area (Å²) in [5.41, 5.74) is 0.105. The van der Waals surface area contributed by atoms with E-state index >= 15 is 0 Å². The first-order chi connectivity index (χ1) is 9.31. The van der Waals surface area contributed by atoms with Crippen molar-refractivity contribution in [1.82, 2.24) is 0 Å². The Balaban J connectivity index is 2.67. The molecule has 0 radical (unpaired) electrons. The molecular weight excluding hydrogens is 263 g/mol. The van der Waals surface area contributed by atoms with E-state index in [9.17, 15) is 14.0 Å². The van der Waals surface area contributed by atoms with Gasteiger partial charge in [-0.3, -0.25) is 5.32 Å². The summed E-state index contributed by atoms with van der Waals surface area (Å²) in [4.78, 5) is 24.8. The van der Waals surface area contributed by atoms with Gasteiger partial charge >= 0.3 is 6.09 Å². The van der Waals surface area contributed by atoms with Gasteiger partial charge in [0.05, 0.1) is 6.54 Å². The largest absolute Gasteiger partial charge is 0.444 e. The van der Waals surface area contributed by atoms with Gasteiger partial charge in [0.15, 0.2) is 0 Å². The van der Waals surface area contributed by atoms with E-state index in [1.54, 1.807) is 26.8 Å². The molecule has 1 N–H and O–H groups in total. The van der Waals surface area contributed by atoms with Gasteiger partial charge in [-0.15, -0.1) is 0 Å². The standard InChI is InChI=1S/C14H17FN2O3/c1-14(2,3)20-13(19)17-11-5-4-10(12(15)8-11)6-7-16-9-18/h4-5,8H,6-7H2,1-3H3,(H,17,19). The molecule has 0 heterocycles. The van der Waals surface area contributed by atoms with Gasteiger partial charge in [-0.2, -0.15) is 0 Å². The summed E-state index contributed by atoms with van der Waals surface area (Å²) in [6, 6.07) is 4.29. The van der Waals surface area contributed by atoms with Crippen LogP contribution in [0.5, 0.6) is 0 Å². The highest BCUT2D eigenvalue weighted by atomic mass is 19.1. The van der Waals surface area contributed by atoms with E-state index in [-0.39, 0.29) is 6.54 Å². The van der Waals surface area contributed by atoms with E-state index in [0.717, 1.165) is 0 Å². The third-order valence-electron chi connectivity index (χ3n) is 2.26. The van der Waals surface area contributed by atoms with Crippen molar-refractivity contribution in [2.45, 2.75) is 32.8 Å². The summed E-state index contributed by atoms with van der Waals surface area (Å²) in [5, 5.41) is 2.45. The number of benzene rings is 1. The SMILES string of the molecule is CC(C)(C)OC(=O)Nc1ccc(CCN=C=O)c(F)c1.